The summed E-state index contributed by atoms with van der Waals surface area (Å²) in [6, 6.07) is 4.23. The van der Waals surface area contributed by atoms with E-state index < -0.39 is 16.4 Å². The number of para-hydroxylation sites is 1. The van der Waals surface area contributed by atoms with E-state index in [1.165, 1.54) is 6.07 Å². The van der Waals surface area contributed by atoms with Gasteiger partial charge in [-0.1, -0.05) is 6.07 Å². The van der Waals surface area contributed by atoms with Crippen LogP contribution in [0.25, 0.3) is 0 Å². The van der Waals surface area contributed by atoms with Crippen molar-refractivity contribution in [3.05, 3.63) is 52.3 Å². The molecule has 2 heterocycles. The Balaban J connectivity index is 1.90. The summed E-state index contributed by atoms with van der Waals surface area (Å²) in [6.07, 6.45) is 5.31. The van der Waals surface area contributed by atoms with Crippen LogP contribution in [0, 0.1) is 15.9 Å². The first-order valence-corrected chi connectivity index (χ1v) is 6.84. The van der Waals surface area contributed by atoms with Gasteiger partial charge in [0.2, 0.25) is 5.82 Å². The molecule has 0 saturated carbocycles. The first kappa shape index (κ1) is 13.5. The van der Waals surface area contributed by atoms with Crippen LogP contribution in [0.1, 0.15) is 24.6 Å². The molecule has 110 valence electrons. The van der Waals surface area contributed by atoms with E-state index in [9.17, 15) is 14.5 Å². The number of benzene rings is 1. The average Bonchev–Trinajstić information content (AvgIpc) is 3.01. The van der Waals surface area contributed by atoms with Crippen LogP contribution in [-0.2, 0) is 0 Å². The highest BCUT2D eigenvalue weighted by Gasteiger charge is 2.29. The first-order chi connectivity index (χ1) is 10.2. The number of anilines is 1. The van der Waals surface area contributed by atoms with Crippen LogP contribution < -0.4 is 4.90 Å². The number of hydrogen-bond acceptors (Lipinski definition) is 4. The molecule has 0 spiro atoms. The normalized spacial score (nSPS) is 18.7. The summed E-state index contributed by atoms with van der Waals surface area (Å²) < 4.78 is 13.7. The van der Waals surface area contributed by atoms with Crippen molar-refractivity contribution in [2.75, 3.05) is 18.0 Å². The second-order valence-corrected chi connectivity index (χ2v) is 5.12. The molecule has 1 fully saturated rings. The lowest BCUT2D eigenvalue weighted by molar-refractivity contribution is -0.386. The van der Waals surface area contributed by atoms with Gasteiger partial charge in [0, 0.05) is 31.4 Å². The van der Waals surface area contributed by atoms with E-state index >= 15 is 0 Å². The fourth-order valence-electron chi connectivity index (χ4n) is 2.86. The average molecular weight is 290 g/mol. The minimum Gasteiger partial charge on any atom is -0.365 e. The Morgan fingerprint density at radius 2 is 2.33 bits per heavy atom. The second kappa shape index (κ2) is 5.51. The highest BCUT2D eigenvalue weighted by molar-refractivity contribution is 5.64. The van der Waals surface area contributed by atoms with Crippen molar-refractivity contribution in [2.45, 2.75) is 18.8 Å². The van der Waals surface area contributed by atoms with Crippen molar-refractivity contribution in [3.8, 4) is 0 Å². The monoisotopic (exact) mass is 290 g/mol. The molecule has 0 radical (unpaired) electrons. The number of nitro groups is 1. The molecule has 1 saturated heterocycles. The number of aromatic amines is 1. The lowest BCUT2D eigenvalue weighted by atomic mass is 9.96. The predicted octanol–water partition coefficient (Wildman–Crippen LogP) is 2.84. The predicted molar refractivity (Wildman–Crippen MR) is 75.8 cm³/mol. The minimum atomic E-state index is -0.794. The molecular weight excluding hydrogens is 275 g/mol. The van der Waals surface area contributed by atoms with Crippen molar-refractivity contribution in [2.24, 2.45) is 0 Å². The Kier molecular flexibility index (Phi) is 3.55. The largest absolute Gasteiger partial charge is 0.365 e. The molecule has 2 aromatic rings. The van der Waals surface area contributed by atoms with Crippen molar-refractivity contribution in [3.63, 3.8) is 0 Å². The highest BCUT2D eigenvalue weighted by atomic mass is 19.1. The smallest absolute Gasteiger partial charge is 0.327 e. The van der Waals surface area contributed by atoms with Gasteiger partial charge in [-0.05, 0) is 25.0 Å². The van der Waals surface area contributed by atoms with E-state index in [2.05, 4.69) is 9.97 Å². The topological polar surface area (TPSA) is 75.1 Å². The Labute approximate surface area is 120 Å². The fourth-order valence-corrected chi connectivity index (χ4v) is 2.86. The summed E-state index contributed by atoms with van der Waals surface area (Å²) in [7, 11) is 0. The zero-order valence-corrected chi connectivity index (χ0v) is 11.3. The molecule has 0 aliphatic carbocycles. The molecule has 1 unspecified atom stereocenters. The molecular formula is C14H15FN4O2. The molecule has 0 amide bonds. The molecule has 1 aromatic carbocycles. The van der Waals surface area contributed by atoms with E-state index in [0.29, 0.717) is 18.8 Å². The van der Waals surface area contributed by atoms with E-state index in [1.807, 2.05) is 4.90 Å². The number of rotatable bonds is 3. The number of aromatic nitrogens is 2. The minimum absolute atomic E-state index is 0.177. The van der Waals surface area contributed by atoms with Crippen LogP contribution >= 0.6 is 0 Å². The third-order valence-electron chi connectivity index (χ3n) is 3.82. The quantitative estimate of drug-likeness (QED) is 0.696. The first-order valence-electron chi connectivity index (χ1n) is 6.84. The lowest BCUT2D eigenvalue weighted by Crippen LogP contribution is -2.35. The van der Waals surface area contributed by atoms with Crippen LogP contribution in [0.2, 0.25) is 0 Å². The van der Waals surface area contributed by atoms with Gasteiger partial charge in [-0.2, -0.15) is 4.39 Å². The van der Waals surface area contributed by atoms with Crippen molar-refractivity contribution in [1.82, 2.24) is 9.97 Å². The van der Waals surface area contributed by atoms with Gasteiger partial charge in [-0.25, -0.2) is 4.98 Å². The van der Waals surface area contributed by atoms with Gasteiger partial charge in [0.05, 0.1) is 4.92 Å². The van der Waals surface area contributed by atoms with Gasteiger partial charge in [-0.3, -0.25) is 10.1 Å². The standard InChI is InChI=1S/C14H15FN4O2/c15-11-4-1-5-12(13(11)19(20)21)18-8-2-3-10(9-18)14-16-6-7-17-14/h1,4-7,10H,2-3,8-9H2,(H,16,17). The van der Waals surface area contributed by atoms with Crippen molar-refractivity contribution < 1.29 is 9.31 Å². The maximum atomic E-state index is 13.7. The molecule has 6 nitrogen and oxygen atoms in total. The third-order valence-corrected chi connectivity index (χ3v) is 3.82. The molecule has 7 heteroatoms. The summed E-state index contributed by atoms with van der Waals surface area (Å²) in [6.45, 7) is 1.28. The number of H-pyrrole nitrogens is 1. The van der Waals surface area contributed by atoms with Gasteiger partial charge in [0.15, 0.2) is 0 Å². The third kappa shape index (κ3) is 2.58. The molecule has 0 bridgehead atoms. The van der Waals surface area contributed by atoms with Crippen LogP contribution in [-0.4, -0.2) is 28.0 Å². The van der Waals surface area contributed by atoms with E-state index in [-0.39, 0.29) is 5.92 Å². The Morgan fingerprint density at radius 1 is 1.48 bits per heavy atom. The molecule has 1 N–H and O–H groups in total. The number of halogens is 1. The van der Waals surface area contributed by atoms with Crippen LogP contribution in [0.3, 0.4) is 0 Å². The summed E-state index contributed by atoms with van der Waals surface area (Å²) in [5, 5.41) is 11.1. The number of imidazole rings is 1. The number of hydrogen-bond donors (Lipinski definition) is 1. The maximum Gasteiger partial charge on any atom is 0.327 e. The van der Waals surface area contributed by atoms with Gasteiger partial charge in [-0.15, -0.1) is 0 Å². The molecule has 1 aliphatic heterocycles. The second-order valence-electron chi connectivity index (χ2n) is 5.12. The van der Waals surface area contributed by atoms with Crippen molar-refractivity contribution in [1.29, 1.82) is 0 Å². The van der Waals surface area contributed by atoms with Gasteiger partial charge in [0.1, 0.15) is 11.5 Å². The number of piperidine rings is 1. The maximum absolute atomic E-state index is 13.7. The summed E-state index contributed by atoms with van der Waals surface area (Å²) in [5.41, 5.74) is -0.103. The SMILES string of the molecule is O=[N+]([O-])c1c(F)cccc1N1CCCC(c2ncc[nH]2)C1. The van der Waals surface area contributed by atoms with E-state index in [4.69, 9.17) is 0 Å². The summed E-state index contributed by atoms with van der Waals surface area (Å²) in [4.78, 5) is 19.7. The summed E-state index contributed by atoms with van der Waals surface area (Å²) >= 11 is 0. The van der Waals surface area contributed by atoms with E-state index in [0.717, 1.165) is 24.7 Å². The van der Waals surface area contributed by atoms with E-state index in [1.54, 1.807) is 18.5 Å². The number of nitrogens with one attached hydrogen (secondary N) is 1. The van der Waals surface area contributed by atoms with Gasteiger partial charge < -0.3 is 9.88 Å². The molecule has 1 atom stereocenters. The zero-order valence-electron chi connectivity index (χ0n) is 11.3. The van der Waals surface area contributed by atoms with Crippen molar-refractivity contribution >= 4 is 11.4 Å². The van der Waals surface area contributed by atoms with Crippen LogP contribution in [0.4, 0.5) is 15.8 Å². The number of nitro benzene ring substituents is 1. The summed E-state index contributed by atoms with van der Waals surface area (Å²) in [5.74, 6) is 0.257. The van der Waals surface area contributed by atoms with Gasteiger partial charge in [0.25, 0.3) is 0 Å². The number of nitrogens with zero attached hydrogens (tertiary/aromatic N) is 3. The molecule has 3 rings (SSSR count). The lowest BCUT2D eigenvalue weighted by Gasteiger charge is -2.33. The molecule has 1 aliphatic rings. The van der Waals surface area contributed by atoms with Gasteiger partial charge >= 0.3 is 5.69 Å². The highest BCUT2D eigenvalue weighted by Crippen LogP contribution is 2.35. The Morgan fingerprint density at radius 3 is 3.05 bits per heavy atom. The zero-order chi connectivity index (χ0) is 14.8. The molecule has 21 heavy (non-hydrogen) atoms. The fraction of sp³-hybridized carbons (Fsp3) is 0.357. The Hall–Kier alpha value is -2.44. The molecule has 1 aromatic heterocycles. The Bertz CT molecular complexity index is 644. The van der Waals surface area contributed by atoms with Crippen LogP contribution in [0.15, 0.2) is 30.6 Å². The van der Waals surface area contributed by atoms with Crippen LogP contribution in [0.5, 0.6) is 0 Å².